The molecule has 2 amide bonds. The zero-order chi connectivity index (χ0) is 27.3. The van der Waals surface area contributed by atoms with Crippen LogP contribution in [0.3, 0.4) is 0 Å². The Hall–Kier alpha value is -4.36. The van der Waals surface area contributed by atoms with E-state index >= 15 is 0 Å². The van der Waals surface area contributed by atoms with Gasteiger partial charge in [-0.3, -0.25) is 24.8 Å². The highest BCUT2D eigenvalue weighted by molar-refractivity contribution is 6.00. The summed E-state index contributed by atoms with van der Waals surface area (Å²) in [5.41, 5.74) is 6.28. The number of carbonyl (C=O) groups is 2. The van der Waals surface area contributed by atoms with Crippen molar-refractivity contribution in [1.82, 2.24) is 15.8 Å². The van der Waals surface area contributed by atoms with Crippen LogP contribution < -0.4 is 16.1 Å². The van der Waals surface area contributed by atoms with Gasteiger partial charge in [-0.2, -0.15) is 0 Å². The van der Waals surface area contributed by atoms with Gasteiger partial charge in [0.25, 0.3) is 5.91 Å². The molecule has 3 aromatic rings. The second-order valence-corrected chi connectivity index (χ2v) is 8.61. The molecule has 196 valence electrons. The summed E-state index contributed by atoms with van der Waals surface area (Å²) in [7, 11) is 0. The predicted molar refractivity (Wildman–Crippen MR) is 146 cm³/mol. The minimum absolute atomic E-state index is 0.116. The van der Waals surface area contributed by atoms with E-state index in [4.69, 9.17) is 5.21 Å². The van der Waals surface area contributed by atoms with Gasteiger partial charge in [0, 0.05) is 34.9 Å². The first-order valence-corrected chi connectivity index (χ1v) is 12.1. The third-order valence-electron chi connectivity index (χ3n) is 5.62. The normalized spacial score (nSPS) is 12.6. The van der Waals surface area contributed by atoms with Crippen molar-refractivity contribution in [2.45, 2.75) is 32.4 Å². The van der Waals surface area contributed by atoms with Gasteiger partial charge >= 0.3 is 0 Å². The van der Waals surface area contributed by atoms with Crippen LogP contribution in [-0.2, 0) is 16.0 Å². The summed E-state index contributed by atoms with van der Waals surface area (Å²) in [4.78, 5) is 32.1. The number of amides is 2. The van der Waals surface area contributed by atoms with Crippen molar-refractivity contribution in [3.63, 3.8) is 0 Å². The first-order chi connectivity index (χ1) is 18.4. The van der Waals surface area contributed by atoms with E-state index in [1.807, 2.05) is 60.7 Å². The van der Waals surface area contributed by atoms with E-state index < -0.39 is 18.1 Å². The number of pyridine rings is 1. The quantitative estimate of drug-likeness (QED) is 0.0928. The fourth-order valence-corrected chi connectivity index (χ4v) is 3.50. The average Bonchev–Trinajstić information content (AvgIpc) is 2.94. The fraction of sp³-hybridized carbons (Fsp3) is 0.241. The molecule has 9 heteroatoms. The largest absolute Gasteiger partial charge is 0.391 e. The molecule has 0 aliphatic heterocycles. The summed E-state index contributed by atoms with van der Waals surface area (Å²) in [6.45, 7) is 4.07. The minimum Gasteiger partial charge on any atom is -0.391 e. The Morgan fingerprint density at radius 1 is 0.974 bits per heavy atom. The van der Waals surface area contributed by atoms with E-state index in [-0.39, 0.29) is 12.5 Å². The average molecular weight is 514 g/mol. The van der Waals surface area contributed by atoms with Crippen LogP contribution in [-0.4, -0.2) is 58.1 Å². The number of aliphatic imine (C=N–C) groups is 1. The van der Waals surface area contributed by atoms with Crippen molar-refractivity contribution in [2.24, 2.45) is 4.99 Å². The second kappa shape index (κ2) is 14.4. The number of rotatable bonds is 10. The summed E-state index contributed by atoms with van der Waals surface area (Å²) < 4.78 is 0. The zero-order valence-corrected chi connectivity index (χ0v) is 21.3. The van der Waals surface area contributed by atoms with Crippen molar-refractivity contribution in [3.05, 3.63) is 95.3 Å². The van der Waals surface area contributed by atoms with Crippen molar-refractivity contribution in [3.8, 4) is 11.8 Å². The van der Waals surface area contributed by atoms with Gasteiger partial charge in [0.05, 0.1) is 12.6 Å². The SMILES string of the molecule is CC(=N[C@H](C(=O)NO)[C@@H](C)O)c1ccc(C#Cc2ccc(NC(=O)CNCCc3ccncc3)cc2)cc1. The van der Waals surface area contributed by atoms with Crippen LogP contribution in [0.15, 0.2) is 78.0 Å². The molecule has 0 aliphatic rings. The summed E-state index contributed by atoms with van der Waals surface area (Å²) in [6, 6.07) is 17.4. The van der Waals surface area contributed by atoms with Crippen LogP contribution in [0, 0.1) is 11.8 Å². The highest BCUT2D eigenvalue weighted by Crippen LogP contribution is 2.11. The van der Waals surface area contributed by atoms with Crippen LogP contribution in [0.2, 0.25) is 0 Å². The Kier molecular flexibility index (Phi) is 10.7. The third-order valence-corrected chi connectivity index (χ3v) is 5.62. The van der Waals surface area contributed by atoms with E-state index in [1.54, 1.807) is 19.3 Å². The Balaban J connectivity index is 1.50. The Morgan fingerprint density at radius 3 is 2.16 bits per heavy atom. The maximum atomic E-state index is 12.2. The van der Waals surface area contributed by atoms with E-state index in [9.17, 15) is 14.7 Å². The van der Waals surface area contributed by atoms with Crippen molar-refractivity contribution in [1.29, 1.82) is 0 Å². The van der Waals surface area contributed by atoms with Gasteiger partial charge in [0.15, 0.2) is 6.04 Å². The lowest BCUT2D eigenvalue weighted by atomic mass is 10.1. The summed E-state index contributed by atoms with van der Waals surface area (Å²) in [5.74, 6) is 5.29. The molecule has 38 heavy (non-hydrogen) atoms. The molecule has 5 N–H and O–H groups in total. The van der Waals surface area contributed by atoms with Crippen molar-refractivity contribution >= 4 is 23.2 Å². The second-order valence-electron chi connectivity index (χ2n) is 8.61. The van der Waals surface area contributed by atoms with Crippen molar-refractivity contribution in [2.75, 3.05) is 18.4 Å². The number of benzene rings is 2. The Morgan fingerprint density at radius 2 is 1.58 bits per heavy atom. The molecule has 9 nitrogen and oxygen atoms in total. The number of nitrogens with zero attached hydrogens (tertiary/aromatic N) is 2. The number of nitrogens with one attached hydrogen (secondary N) is 3. The van der Waals surface area contributed by atoms with Crippen LogP contribution in [0.25, 0.3) is 0 Å². The number of aliphatic hydroxyl groups is 1. The minimum atomic E-state index is -1.11. The molecular weight excluding hydrogens is 482 g/mol. The van der Waals surface area contributed by atoms with Gasteiger partial charge in [-0.15, -0.1) is 0 Å². The van der Waals surface area contributed by atoms with E-state index in [0.29, 0.717) is 17.9 Å². The summed E-state index contributed by atoms with van der Waals surface area (Å²) in [5, 5.41) is 24.6. The third kappa shape index (κ3) is 8.94. The summed E-state index contributed by atoms with van der Waals surface area (Å²) in [6.07, 6.45) is 3.28. The number of aromatic nitrogens is 1. The molecule has 0 saturated heterocycles. The van der Waals surface area contributed by atoms with Gasteiger partial charge < -0.3 is 15.7 Å². The van der Waals surface area contributed by atoms with E-state index in [0.717, 1.165) is 23.1 Å². The summed E-state index contributed by atoms with van der Waals surface area (Å²) >= 11 is 0. The van der Waals surface area contributed by atoms with Crippen LogP contribution in [0.4, 0.5) is 5.69 Å². The molecule has 1 aromatic heterocycles. The number of hydroxylamine groups is 1. The van der Waals surface area contributed by atoms with Gasteiger partial charge in [-0.05, 0) is 86.5 Å². The van der Waals surface area contributed by atoms with Gasteiger partial charge in [-0.25, -0.2) is 5.48 Å². The highest BCUT2D eigenvalue weighted by atomic mass is 16.5. The van der Waals surface area contributed by atoms with Crippen LogP contribution in [0.5, 0.6) is 0 Å². The lowest BCUT2D eigenvalue weighted by Crippen LogP contribution is -2.38. The molecule has 0 fully saturated rings. The van der Waals surface area contributed by atoms with Gasteiger partial charge in [0.2, 0.25) is 5.91 Å². The molecule has 0 radical (unpaired) electrons. The molecule has 2 atom stereocenters. The first kappa shape index (κ1) is 28.2. The van der Waals surface area contributed by atoms with Crippen LogP contribution in [0.1, 0.15) is 36.1 Å². The number of hydrogen-bond acceptors (Lipinski definition) is 7. The fourth-order valence-electron chi connectivity index (χ4n) is 3.50. The molecule has 0 saturated carbocycles. The predicted octanol–water partition coefficient (Wildman–Crippen LogP) is 2.32. The zero-order valence-electron chi connectivity index (χ0n) is 21.3. The lowest BCUT2D eigenvalue weighted by Gasteiger charge is -2.14. The maximum absolute atomic E-state index is 12.2. The van der Waals surface area contributed by atoms with Crippen LogP contribution >= 0.6 is 0 Å². The molecule has 0 bridgehead atoms. The maximum Gasteiger partial charge on any atom is 0.270 e. The van der Waals surface area contributed by atoms with E-state index in [1.165, 1.54) is 18.0 Å². The molecule has 2 aromatic carbocycles. The smallest absolute Gasteiger partial charge is 0.270 e. The molecular formula is C29H31N5O4. The molecule has 0 aliphatic carbocycles. The number of hydrogen-bond donors (Lipinski definition) is 5. The number of anilines is 1. The molecule has 3 rings (SSSR count). The molecule has 1 heterocycles. The molecule has 0 spiro atoms. The monoisotopic (exact) mass is 513 g/mol. The number of aliphatic hydroxyl groups excluding tert-OH is 1. The topological polar surface area (TPSA) is 136 Å². The number of carbonyl (C=O) groups excluding carboxylic acids is 2. The highest BCUT2D eigenvalue weighted by Gasteiger charge is 2.22. The van der Waals surface area contributed by atoms with Gasteiger partial charge in [-0.1, -0.05) is 24.0 Å². The Labute approximate surface area is 222 Å². The standard InChI is InChI=1S/C29H31N5O4/c1-20(32-28(21(2)35)29(37)34-38)25-9-5-22(6-10-25)3-4-23-7-11-26(12-8-23)33-27(36)19-31-18-15-24-13-16-30-17-14-24/h5-14,16-17,21,28,31,35,38H,15,18-19H2,1-2H3,(H,33,36)(H,34,37)/t21-,28+/m1/s1. The van der Waals surface area contributed by atoms with Gasteiger partial charge in [0.1, 0.15) is 0 Å². The van der Waals surface area contributed by atoms with E-state index in [2.05, 4.69) is 32.5 Å². The molecule has 0 unspecified atom stereocenters. The Bertz CT molecular complexity index is 1290. The first-order valence-electron chi connectivity index (χ1n) is 12.1. The lowest BCUT2D eigenvalue weighted by molar-refractivity contribution is -0.132. The van der Waals surface area contributed by atoms with Crippen molar-refractivity contribution < 1.29 is 19.9 Å².